The minimum atomic E-state index is 0.170. The lowest BCUT2D eigenvalue weighted by molar-refractivity contribution is -0.121. The van der Waals surface area contributed by atoms with E-state index in [2.05, 4.69) is 31.4 Å². The van der Waals surface area contributed by atoms with Gasteiger partial charge in [-0.05, 0) is 6.42 Å². The summed E-state index contributed by atoms with van der Waals surface area (Å²) in [6.45, 7) is 8.00. The van der Waals surface area contributed by atoms with Crippen molar-refractivity contribution in [3.63, 3.8) is 0 Å². The summed E-state index contributed by atoms with van der Waals surface area (Å²) in [4.78, 5) is 11.4. The van der Waals surface area contributed by atoms with E-state index in [-0.39, 0.29) is 5.91 Å². The maximum Gasteiger partial charge on any atom is 0.221 e. The molecular weight excluding hydrogens is 200 g/mol. The predicted octanol–water partition coefficient (Wildman–Crippen LogP) is 2.46. The highest BCUT2D eigenvalue weighted by Crippen LogP contribution is 2.01. The molecule has 0 spiro atoms. The van der Waals surface area contributed by atoms with Gasteiger partial charge in [0, 0.05) is 25.6 Å². The first kappa shape index (κ1) is 15.4. The highest BCUT2D eigenvalue weighted by Gasteiger charge is 2.00. The normalized spacial score (nSPS) is 10.8. The minimum Gasteiger partial charge on any atom is -0.356 e. The van der Waals surface area contributed by atoms with Gasteiger partial charge in [-0.25, -0.2) is 0 Å². The first-order valence-electron chi connectivity index (χ1n) is 6.67. The molecule has 96 valence electrons. The van der Waals surface area contributed by atoms with Gasteiger partial charge in [0.15, 0.2) is 0 Å². The van der Waals surface area contributed by atoms with Gasteiger partial charge in [0.05, 0.1) is 0 Å². The molecule has 2 N–H and O–H groups in total. The monoisotopic (exact) mass is 228 g/mol. The molecule has 3 nitrogen and oxygen atoms in total. The zero-order valence-corrected chi connectivity index (χ0v) is 11.1. The summed E-state index contributed by atoms with van der Waals surface area (Å²) in [6, 6.07) is 0.460. The smallest absolute Gasteiger partial charge is 0.221 e. The summed E-state index contributed by atoms with van der Waals surface area (Å²) in [5, 5.41) is 6.19. The maximum atomic E-state index is 11.4. The number of nitrogens with one attached hydrogen (secondary N) is 2. The van der Waals surface area contributed by atoms with Crippen LogP contribution in [0.25, 0.3) is 0 Å². The number of carbonyl (C=O) groups excluding carboxylic acids is 1. The van der Waals surface area contributed by atoms with Crippen molar-refractivity contribution < 1.29 is 4.79 Å². The SMILES string of the molecule is CCCCCCCNC(=O)CCNC(C)C. The van der Waals surface area contributed by atoms with Crippen molar-refractivity contribution in [3.05, 3.63) is 0 Å². The third-order valence-corrected chi connectivity index (χ3v) is 2.51. The van der Waals surface area contributed by atoms with Gasteiger partial charge in [-0.2, -0.15) is 0 Å². The molecule has 3 heteroatoms. The second kappa shape index (κ2) is 10.9. The van der Waals surface area contributed by atoms with Gasteiger partial charge >= 0.3 is 0 Å². The Morgan fingerprint density at radius 1 is 1.06 bits per heavy atom. The van der Waals surface area contributed by atoms with Crippen molar-refractivity contribution in [2.24, 2.45) is 0 Å². The molecule has 0 atom stereocenters. The van der Waals surface area contributed by atoms with Gasteiger partial charge in [-0.3, -0.25) is 4.79 Å². The quantitative estimate of drug-likeness (QED) is 0.564. The lowest BCUT2D eigenvalue weighted by Gasteiger charge is -2.08. The predicted molar refractivity (Wildman–Crippen MR) is 69.5 cm³/mol. The van der Waals surface area contributed by atoms with Gasteiger partial charge < -0.3 is 10.6 Å². The van der Waals surface area contributed by atoms with Crippen LogP contribution in [0, 0.1) is 0 Å². The van der Waals surface area contributed by atoms with E-state index in [0.717, 1.165) is 19.5 Å². The van der Waals surface area contributed by atoms with Gasteiger partial charge in [0.1, 0.15) is 0 Å². The summed E-state index contributed by atoms with van der Waals surface area (Å²) in [6.07, 6.45) is 6.82. The molecule has 1 amide bonds. The second-order valence-electron chi connectivity index (χ2n) is 4.62. The third kappa shape index (κ3) is 11.5. The number of hydrogen-bond acceptors (Lipinski definition) is 2. The summed E-state index contributed by atoms with van der Waals surface area (Å²) in [7, 11) is 0. The second-order valence-corrected chi connectivity index (χ2v) is 4.62. The highest BCUT2D eigenvalue weighted by molar-refractivity contribution is 5.75. The van der Waals surface area contributed by atoms with Crippen molar-refractivity contribution >= 4 is 5.91 Å². The summed E-state index contributed by atoms with van der Waals surface area (Å²) in [5.41, 5.74) is 0. The molecule has 0 radical (unpaired) electrons. The Bertz CT molecular complexity index is 169. The summed E-state index contributed by atoms with van der Waals surface area (Å²) >= 11 is 0. The number of amides is 1. The topological polar surface area (TPSA) is 41.1 Å². The van der Waals surface area contributed by atoms with Crippen LogP contribution in [0.4, 0.5) is 0 Å². The number of unbranched alkanes of at least 4 members (excludes halogenated alkanes) is 4. The van der Waals surface area contributed by atoms with Gasteiger partial charge in [0.25, 0.3) is 0 Å². The largest absolute Gasteiger partial charge is 0.356 e. The molecular formula is C13H28N2O. The molecule has 0 saturated heterocycles. The summed E-state index contributed by atoms with van der Waals surface area (Å²) in [5.74, 6) is 0.170. The Kier molecular flexibility index (Phi) is 10.5. The average molecular weight is 228 g/mol. The molecule has 0 bridgehead atoms. The van der Waals surface area contributed by atoms with Gasteiger partial charge in [-0.1, -0.05) is 46.5 Å². The summed E-state index contributed by atoms with van der Waals surface area (Å²) < 4.78 is 0. The zero-order valence-electron chi connectivity index (χ0n) is 11.1. The van der Waals surface area contributed by atoms with Crippen LogP contribution >= 0.6 is 0 Å². The minimum absolute atomic E-state index is 0.170. The first-order valence-corrected chi connectivity index (χ1v) is 6.67. The van der Waals surface area contributed by atoms with Crippen LogP contribution in [0.3, 0.4) is 0 Å². The fraction of sp³-hybridized carbons (Fsp3) is 0.923. The number of hydrogen-bond donors (Lipinski definition) is 2. The van der Waals surface area contributed by atoms with E-state index >= 15 is 0 Å². The third-order valence-electron chi connectivity index (χ3n) is 2.51. The lowest BCUT2D eigenvalue weighted by Crippen LogP contribution is -2.31. The fourth-order valence-electron chi connectivity index (χ4n) is 1.52. The van der Waals surface area contributed by atoms with Crippen molar-refractivity contribution in [1.29, 1.82) is 0 Å². The van der Waals surface area contributed by atoms with E-state index in [4.69, 9.17) is 0 Å². The van der Waals surface area contributed by atoms with Crippen molar-refractivity contribution in [2.75, 3.05) is 13.1 Å². The highest BCUT2D eigenvalue weighted by atomic mass is 16.1. The molecule has 0 aromatic rings. The van der Waals surface area contributed by atoms with Crippen molar-refractivity contribution in [3.8, 4) is 0 Å². The van der Waals surface area contributed by atoms with Gasteiger partial charge in [0.2, 0.25) is 5.91 Å². The van der Waals surface area contributed by atoms with Crippen LogP contribution in [-0.2, 0) is 4.79 Å². The van der Waals surface area contributed by atoms with Crippen LogP contribution in [0.15, 0.2) is 0 Å². The molecule has 0 aliphatic carbocycles. The molecule has 0 fully saturated rings. The molecule has 0 aromatic heterocycles. The fourth-order valence-corrected chi connectivity index (χ4v) is 1.52. The van der Waals surface area contributed by atoms with Crippen LogP contribution in [-0.4, -0.2) is 25.0 Å². The van der Waals surface area contributed by atoms with E-state index in [1.54, 1.807) is 0 Å². The van der Waals surface area contributed by atoms with Crippen LogP contribution in [0.5, 0.6) is 0 Å². The maximum absolute atomic E-state index is 11.4. The Labute approximate surface area is 100 Å². The number of carbonyl (C=O) groups is 1. The molecule has 0 aromatic carbocycles. The molecule has 0 aliphatic rings. The standard InChI is InChI=1S/C13H28N2O/c1-4-5-6-7-8-10-15-13(16)9-11-14-12(2)3/h12,14H,4-11H2,1-3H3,(H,15,16). The van der Waals surface area contributed by atoms with Crippen LogP contribution < -0.4 is 10.6 Å². The van der Waals surface area contributed by atoms with Gasteiger partial charge in [-0.15, -0.1) is 0 Å². The molecule has 16 heavy (non-hydrogen) atoms. The molecule has 0 saturated carbocycles. The molecule has 0 unspecified atom stereocenters. The Morgan fingerprint density at radius 2 is 1.75 bits per heavy atom. The van der Waals surface area contributed by atoms with E-state index in [0.29, 0.717) is 12.5 Å². The van der Waals surface area contributed by atoms with E-state index in [9.17, 15) is 4.79 Å². The van der Waals surface area contributed by atoms with E-state index in [1.807, 2.05) is 0 Å². The van der Waals surface area contributed by atoms with Crippen molar-refractivity contribution in [1.82, 2.24) is 10.6 Å². The van der Waals surface area contributed by atoms with Crippen LogP contribution in [0.1, 0.15) is 59.3 Å². The molecule has 0 aliphatic heterocycles. The molecule has 0 rings (SSSR count). The van der Waals surface area contributed by atoms with E-state index in [1.165, 1.54) is 25.7 Å². The average Bonchev–Trinajstić information content (AvgIpc) is 2.22. The Balaban J connectivity index is 3.17. The Hall–Kier alpha value is -0.570. The van der Waals surface area contributed by atoms with Crippen LogP contribution in [0.2, 0.25) is 0 Å². The molecule has 0 heterocycles. The van der Waals surface area contributed by atoms with E-state index < -0.39 is 0 Å². The Morgan fingerprint density at radius 3 is 2.38 bits per heavy atom. The zero-order chi connectivity index (χ0) is 12.2. The van der Waals surface area contributed by atoms with Crippen molar-refractivity contribution in [2.45, 2.75) is 65.3 Å². The lowest BCUT2D eigenvalue weighted by atomic mass is 10.1. The first-order chi connectivity index (χ1) is 7.66. The number of rotatable bonds is 10.